The molecule has 0 bridgehead atoms. The molecule has 1 aromatic carbocycles. The summed E-state index contributed by atoms with van der Waals surface area (Å²) in [7, 11) is -1.80. The fourth-order valence-corrected chi connectivity index (χ4v) is 3.26. The predicted molar refractivity (Wildman–Crippen MR) is 66.5 cm³/mol. The Kier molecular flexibility index (Phi) is 4.21. The SMILES string of the molecule is COP(=O)(Oc1ccccc1)N1[CH]CCCC1. The van der Waals surface area contributed by atoms with Crippen LogP contribution in [-0.2, 0) is 9.09 Å². The Bertz CT molecular complexity index is 390. The van der Waals surface area contributed by atoms with Gasteiger partial charge in [-0.25, -0.2) is 4.57 Å². The molecule has 5 heteroatoms. The van der Waals surface area contributed by atoms with E-state index in [-0.39, 0.29) is 0 Å². The lowest BCUT2D eigenvalue weighted by atomic mass is 10.2. The highest BCUT2D eigenvalue weighted by molar-refractivity contribution is 7.51. The lowest BCUT2D eigenvalue weighted by Gasteiger charge is -2.31. The molecule has 0 amide bonds. The summed E-state index contributed by atoms with van der Waals surface area (Å²) in [5.74, 6) is 0.566. The highest BCUT2D eigenvalue weighted by Gasteiger charge is 2.35. The number of nitrogens with zero attached hydrogens (tertiary/aromatic N) is 1. The maximum atomic E-state index is 12.6. The van der Waals surface area contributed by atoms with Crippen LogP contribution in [0.25, 0.3) is 0 Å². The minimum absolute atomic E-state index is 0.566. The normalized spacial score (nSPS) is 20.8. The summed E-state index contributed by atoms with van der Waals surface area (Å²) in [6.45, 7) is 2.63. The first-order chi connectivity index (χ1) is 8.24. The van der Waals surface area contributed by atoms with E-state index >= 15 is 0 Å². The predicted octanol–water partition coefficient (Wildman–Crippen LogP) is 3.47. The monoisotopic (exact) mass is 254 g/mol. The molecular formula is C12H17NO3P. The molecule has 1 aliphatic heterocycles. The second-order valence-corrected chi connectivity index (χ2v) is 5.90. The fraction of sp³-hybridized carbons (Fsp3) is 0.417. The molecule has 17 heavy (non-hydrogen) atoms. The molecule has 4 nitrogen and oxygen atoms in total. The Morgan fingerprint density at radius 3 is 2.59 bits per heavy atom. The molecule has 1 aromatic rings. The van der Waals surface area contributed by atoms with Gasteiger partial charge in [0.05, 0.1) is 0 Å². The Morgan fingerprint density at radius 1 is 1.24 bits per heavy atom. The second kappa shape index (κ2) is 5.67. The van der Waals surface area contributed by atoms with E-state index in [9.17, 15) is 4.57 Å². The molecule has 0 aromatic heterocycles. The van der Waals surface area contributed by atoms with Crippen LogP contribution in [0.1, 0.15) is 19.3 Å². The van der Waals surface area contributed by atoms with Crippen molar-refractivity contribution in [2.75, 3.05) is 13.7 Å². The van der Waals surface area contributed by atoms with Gasteiger partial charge in [0.2, 0.25) is 0 Å². The average molecular weight is 254 g/mol. The van der Waals surface area contributed by atoms with Gasteiger partial charge in [0.25, 0.3) is 0 Å². The lowest BCUT2D eigenvalue weighted by molar-refractivity contribution is 0.245. The van der Waals surface area contributed by atoms with E-state index in [1.165, 1.54) is 7.11 Å². The molecule has 0 aliphatic carbocycles. The molecule has 1 saturated heterocycles. The third-order valence-corrected chi connectivity index (χ3v) is 4.59. The maximum absolute atomic E-state index is 12.6. The molecule has 1 unspecified atom stereocenters. The van der Waals surface area contributed by atoms with E-state index < -0.39 is 7.75 Å². The highest BCUT2D eigenvalue weighted by atomic mass is 31.2. The Morgan fingerprint density at radius 2 is 2.00 bits per heavy atom. The zero-order valence-electron chi connectivity index (χ0n) is 9.91. The molecule has 1 aliphatic rings. The van der Waals surface area contributed by atoms with Crippen molar-refractivity contribution in [1.29, 1.82) is 0 Å². The minimum Gasteiger partial charge on any atom is -0.413 e. The van der Waals surface area contributed by atoms with Crippen molar-refractivity contribution in [3.8, 4) is 5.75 Å². The van der Waals surface area contributed by atoms with Crippen molar-refractivity contribution in [3.05, 3.63) is 36.9 Å². The number of rotatable bonds is 4. The van der Waals surface area contributed by atoms with E-state index in [1.54, 1.807) is 16.8 Å². The van der Waals surface area contributed by atoms with Gasteiger partial charge in [-0.1, -0.05) is 24.6 Å². The summed E-state index contributed by atoms with van der Waals surface area (Å²) in [5, 5.41) is 0. The van der Waals surface area contributed by atoms with Crippen molar-refractivity contribution >= 4 is 7.75 Å². The van der Waals surface area contributed by atoms with Crippen LogP contribution in [0.15, 0.2) is 30.3 Å². The first-order valence-corrected chi connectivity index (χ1v) is 7.25. The van der Waals surface area contributed by atoms with Gasteiger partial charge in [-0.05, 0) is 25.0 Å². The van der Waals surface area contributed by atoms with Gasteiger partial charge < -0.3 is 4.52 Å². The van der Waals surface area contributed by atoms with Crippen molar-refractivity contribution in [1.82, 2.24) is 4.67 Å². The summed E-state index contributed by atoms with van der Waals surface area (Å²) in [6.07, 6.45) is 3.07. The van der Waals surface area contributed by atoms with E-state index in [4.69, 9.17) is 9.05 Å². The van der Waals surface area contributed by atoms with Crippen LogP contribution in [0.3, 0.4) is 0 Å². The van der Waals surface area contributed by atoms with Gasteiger partial charge >= 0.3 is 7.75 Å². The zero-order valence-corrected chi connectivity index (χ0v) is 10.8. The lowest BCUT2D eigenvalue weighted by Crippen LogP contribution is -2.25. The van der Waals surface area contributed by atoms with Crippen LogP contribution in [0.2, 0.25) is 0 Å². The fourth-order valence-electron chi connectivity index (χ4n) is 1.78. The number of hydrogen-bond acceptors (Lipinski definition) is 3. The van der Waals surface area contributed by atoms with Crippen molar-refractivity contribution < 1.29 is 13.6 Å². The van der Waals surface area contributed by atoms with Gasteiger partial charge in [-0.3, -0.25) is 4.52 Å². The molecule has 1 heterocycles. The van der Waals surface area contributed by atoms with Gasteiger partial charge in [-0.15, -0.1) is 0 Å². The number of piperidine rings is 1. The third-order valence-electron chi connectivity index (χ3n) is 2.69. The van der Waals surface area contributed by atoms with Crippen LogP contribution in [0.4, 0.5) is 0 Å². The molecule has 1 radical (unpaired) electrons. The molecule has 0 N–H and O–H groups in total. The third kappa shape index (κ3) is 3.09. The highest BCUT2D eigenvalue weighted by Crippen LogP contribution is 2.53. The molecule has 0 spiro atoms. The van der Waals surface area contributed by atoms with Gasteiger partial charge in [-0.2, -0.15) is 4.67 Å². The van der Waals surface area contributed by atoms with Gasteiger partial charge in [0.1, 0.15) is 5.75 Å². The van der Waals surface area contributed by atoms with Crippen LogP contribution in [0, 0.1) is 6.54 Å². The van der Waals surface area contributed by atoms with E-state index in [0.29, 0.717) is 5.75 Å². The summed E-state index contributed by atoms with van der Waals surface area (Å²) >= 11 is 0. The largest absolute Gasteiger partial charge is 0.461 e. The summed E-state index contributed by atoms with van der Waals surface area (Å²) in [6, 6.07) is 9.12. The molecule has 1 atom stereocenters. The summed E-state index contributed by atoms with van der Waals surface area (Å²) in [4.78, 5) is 0. The Balaban J connectivity index is 2.11. The van der Waals surface area contributed by atoms with Crippen LogP contribution >= 0.6 is 7.75 Å². The van der Waals surface area contributed by atoms with E-state index in [1.807, 2.05) is 24.7 Å². The molecule has 93 valence electrons. The quantitative estimate of drug-likeness (QED) is 0.771. The van der Waals surface area contributed by atoms with Crippen molar-refractivity contribution in [3.63, 3.8) is 0 Å². The van der Waals surface area contributed by atoms with E-state index in [2.05, 4.69) is 0 Å². The number of para-hydroxylation sites is 1. The topological polar surface area (TPSA) is 38.8 Å². The molecular weight excluding hydrogens is 237 g/mol. The molecule has 1 fully saturated rings. The Hall–Kier alpha value is -0.830. The van der Waals surface area contributed by atoms with Crippen molar-refractivity contribution in [2.24, 2.45) is 0 Å². The zero-order chi connectivity index (χ0) is 12.1. The molecule has 2 rings (SSSR count). The number of hydrogen-bond donors (Lipinski definition) is 0. The smallest absolute Gasteiger partial charge is 0.413 e. The minimum atomic E-state index is -3.22. The Labute approximate surface area is 102 Å². The first kappa shape index (κ1) is 12.6. The molecule has 0 saturated carbocycles. The van der Waals surface area contributed by atoms with Crippen LogP contribution in [-0.4, -0.2) is 18.3 Å². The maximum Gasteiger partial charge on any atom is 0.461 e. The summed E-state index contributed by atoms with van der Waals surface area (Å²) in [5.41, 5.74) is 0. The van der Waals surface area contributed by atoms with Gasteiger partial charge in [0, 0.05) is 20.2 Å². The van der Waals surface area contributed by atoms with Crippen molar-refractivity contribution in [2.45, 2.75) is 19.3 Å². The standard InChI is InChI=1S/C12H17NO3P/c1-15-17(14,13-10-6-3-7-11-13)16-12-8-4-2-5-9-12/h2,4-5,8-10H,3,6-7,11H2,1H3. The number of benzene rings is 1. The summed E-state index contributed by atoms with van der Waals surface area (Å²) < 4.78 is 24.9. The van der Waals surface area contributed by atoms with E-state index in [0.717, 1.165) is 25.8 Å². The van der Waals surface area contributed by atoms with Crippen LogP contribution < -0.4 is 4.52 Å². The average Bonchev–Trinajstić information content (AvgIpc) is 2.41. The van der Waals surface area contributed by atoms with Gasteiger partial charge in [0.15, 0.2) is 0 Å². The second-order valence-electron chi connectivity index (χ2n) is 3.90. The first-order valence-electron chi connectivity index (χ1n) is 5.75. The van der Waals surface area contributed by atoms with Crippen LogP contribution in [0.5, 0.6) is 5.75 Å².